The quantitative estimate of drug-likeness (QED) is 0.826. The SMILES string of the molecule is NC(=O)Cc1nnn(CCC2CC2)c1C1CCC1. The van der Waals surface area contributed by atoms with E-state index in [1.165, 1.54) is 44.2 Å². The molecule has 0 atom stereocenters. The number of primary amides is 1. The predicted molar refractivity (Wildman–Crippen MR) is 66.9 cm³/mol. The fourth-order valence-corrected chi connectivity index (χ4v) is 2.65. The van der Waals surface area contributed by atoms with Crippen molar-refractivity contribution in [3.05, 3.63) is 11.4 Å². The molecule has 1 aromatic heterocycles. The van der Waals surface area contributed by atoms with E-state index < -0.39 is 0 Å². The zero-order chi connectivity index (χ0) is 12.5. The molecule has 2 aliphatic rings. The van der Waals surface area contributed by atoms with Crippen LogP contribution in [0, 0.1) is 5.92 Å². The maximum absolute atomic E-state index is 11.1. The summed E-state index contributed by atoms with van der Waals surface area (Å²) in [6, 6.07) is 0. The topological polar surface area (TPSA) is 73.8 Å². The van der Waals surface area contributed by atoms with E-state index in [2.05, 4.69) is 10.3 Å². The first-order valence-corrected chi connectivity index (χ1v) is 6.94. The highest BCUT2D eigenvalue weighted by molar-refractivity contribution is 5.76. The Morgan fingerprint density at radius 2 is 2.11 bits per heavy atom. The lowest BCUT2D eigenvalue weighted by Gasteiger charge is -2.26. The Kier molecular flexibility index (Phi) is 3.06. The van der Waals surface area contributed by atoms with Crippen molar-refractivity contribution in [3.63, 3.8) is 0 Å². The molecule has 3 rings (SSSR count). The van der Waals surface area contributed by atoms with Crippen LogP contribution in [0.2, 0.25) is 0 Å². The standard InChI is InChI=1S/C13H20N4O/c14-12(18)8-11-13(10-2-1-3-10)17(16-15-11)7-6-9-4-5-9/h9-10H,1-8H2,(H2,14,18). The van der Waals surface area contributed by atoms with Gasteiger partial charge in [-0.15, -0.1) is 5.10 Å². The maximum atomic E-state index is 11.1. The van der Waals surface area contributed by atoms with Crippen LogP contribution in [0.3, 0.4) is 0 Å². The van der Waals surface area contributed by atoms with E-state index in [-0.39, 0.29) is 12.3 Å². The summed E-state index contributed by atoms with van der Waals surface area (Å²) in [5.74, 6) is 1.13. The second-order valence-corrected chi connectivity index (χ2v) is 5.65. The summed E-state index contributed by atoms with van der Waals surface area (Å²) >= 11 is 0. The molecule has 0 unspecified atom stereocenters. The van der Waals surface area contributed by atoms with Crippen LogP contribution in [0.15, 0.2) is 0 Å². The van der Waals surface area contributed by atoms with Gasteiger partial charge >= 0.3 is 0 Å². The smallest absolute Gasteiger partial charge is 0.223 e. The van der Waals surface area contributed by atoms with Crippen LogP contribution in [-0.2, 0) is 17.8 Å². The number of amides is 1. The molecule has 1 amide bonds. The number of hydrogen-bond acceptors (Lipinski definition) is 3. The van der Waals surface area contributed by atoms with Crippen LogP contribution in [0.25, 0.3) is 0 Å². The third-order valence-corrected chi connectivity index (χ3v) is 4.13. The molecule has 5 nitrogen and oxygen atoms in total. The van der Waals surface area contributed by atoms with Crippen LogP contribution in [0.1, 0.15) is 55.8 Å². The van der Waals surface area contributed by atoms with Gasteiger partial charge in [-0.3, -0.25) is 4.79 Å². The fourth-order valence-electron chi connectivity index (χ4n) is 2.65. The summed E-state index contributed by atoms with van der Waals surface area (Å²) in [5, 5.41) is 8.40. The van der Waals surface area contributed by atoms with E-state index >= 15 is 0 Å². The van der Waals surface area contributed by atoms with E-state index in [0.29, 0.717) is 5.92 Å². The fraction of sp³-hybridized carbons (Fsp3) is 0.769. The summed E-state index contributed by atoms with van der Waals surface area (Å²) in [6.07, 6.45) is 7.82. The first kappa shape index (κ1) is 11.7. The Morgan fingerprint density at radius 1 is 1.33 bits per heavy atom. The lowest BCUT2D eigenvalue weighted by molar-refractivity contribution is -0.117. The summed E-state index contributed by atoms with van der Waals surface area (Å²) < 4.78 is 2.03. The second-order valence-electron chi connectivity index (χ2n) is 5.65. The van der Waals surface area contributed by atoms with Crippen molar-refractivity contribution < 1.29 is 4.79 Å². The van der Waals surface area contributed by atoms with Gasteiger partial charge in [0.25, 0.3) is 0 Å². The van der Waals surface area contributed by atoms with E-state index in [1.54, 1.807) is 0 Å². The van der Waals surface area contributed by atoms with Gasteiger partial charge in [-0.1, -0.05) is 24.5 Å². The van der Waals surface area contributed by atoms with E-state index in [1.807, 2.05) is 4.68 Å². The molecule has 0 aliphatic heterocycles. The number of nitrogens with zero attached hydrogens (tertiary/aromatic N) is 3. The molecule has 0 radical (unpaired) electrons. The maximum Gasteiger partial charge on any atom is 0.223 e. The number of aryl methyl sites for hydroxylation is 1. The van der Waals surface area contributed by atoms with E-state index in [9.17, 15) is 4.79 Å². The van der Waals surface area contributed by atoms with Crippen molar-refractivity contribution in [3.8, 4) is 0 Å². The molecule has 1 heterocycles. The molecule has 2 N–H and O–H groups in total. The average Bonchev–Trinajstić information content (AvgIpc) is 3.00. The Balaban J connectivity index is 1.77. The predicted octanol–water partition coefficient (Wildman–Crippen LogP) is 1.37. The lowest BCUT2D eigenvalue weighted by atomic mass is 9.81. The van der Waals surface area contributed by atoms with Gasteiger partial charge in [-0.2, -0.15) is 0 Å². The summed E-state index contributed by atoms with van der Waals surface area (Å²) in [5.41, 5.74) is 7.27. The molecule has 1 aromatic rings. The van der Waals surface area contributed by atoms with Crippen LogP contribution < -0.4 is 5.73 Å². The Hall–Kier alpha value is -1.39. The first-order chi connectivity index (χ1) is 8.74. The van der Waals surface area contributed by atoms with E-state index in [4.69, 9.17) is 5.73 Å². The minimum atomic E-state index is -0.315. The Labute approximate surface area is 107 Å². The highest BCUT2D eigenvalue weighted by Crippen LogP contribution is 2.38. The largest absolute Gasteiger partial charge is 0.369 e. The molecule has 2 saturated carbocycles. The van der Waals surface area contributed by atoms with Gasteiger partial charge in [0.05, 0.1) is 17.8 Å². The van der Waals surface area contributed by atoms with Crippen molar-refractivity contribution in [1.82, 2.24) is 15.0 Å². The van der Waals surface area contributed by atoms with Crippen molar-refractivity contribution in [2.45, 2.75) is 57.4 Å². The second kappa shape index (κ2) is 4.71. The third kappa shape index (κ3) is 2.40. The molecule has 2 fully saturated rings. The zero-order valence-electron chi connectivity index (χ0n) is 10.6. The Morgan fingerprint density at radius 3 is 2.67 bits per heavy atom. The Bertz CT molecular complexity index is 446. The number of aromatic nitrogens is 3. The molecule has 18 heavy (non-hydrogen) atoms. The van der Waals surface area contributed by atoms with Gasteiger partial charge in [-0.25, -0.2) is 4.68 Å². The third-order valence-electron chi connectivity index (χ3n) is 4.13. The molecular weight excluding hydrogens is 228 g/mol. The lowest BCUT2D eigenvalue weighted by Crippen LogP contribution is -2.20. The molecule has 0 bridgehead atoms. The average molecular weight is 248 g/mol. The van der Waals surface area contributed by atoms with Crippen LogP contribution in [0.5, 0.6) is 0 Å². The molecule has 0 aromatic carbocycles. The van der Waals surface area contributed by atoms with Crippen molar-refractivity contribution in [1.29, 1.82) is 0 Å². The monoisotopic (exact) mass is 248 g/mol. The van der Waals surface area contributed by atoms with Crippen LogP contribution in [-0.4, -0.2) is 20.9 Å². The van der Waals surface area contributed by atoms with Gasteiger partial charge in [0, 0.05) is 12.5 Å². The minimum Gasteiger partial charge on any atom is -0.369 e. The summed E-state index contributed by atoms with van der Waals surface area (Å²) in [4.78, 5) is 11.1. The molecule has 5 heteroatoms. The number of rotatable bonds is 6. The van der Waals surface area contributed by atoms with Gasteiger partial charge in [0.2, 0.25) is 5.91 Å². The van der Waals surface area contributed by atoms with Gasteiger partial charge < -0.3 is 5.73 Å². The molecule has 0 saturated heterocycles. The van der Waals surface area contributed by atoms with E-state index in [0.717, 1.165) is 18.2 Å². The highest BCUT2D eigenvalue weighted by atomic mass is 16.1. The van der Waals surface area contributed by atoms with Gasteiger partial charge in [-0.05, 0) is 25.2 Å². The first-order valence-electron chi connectivity index (χ1n) is 6.94. The molecule has 0 spiro atoms. The molecular formula is C13H20N4O. The molecule has 2 aliphatic carbocycles. The number of carbonyl (C=O) groups is 1. The number of nitrogens with two attached hydrogens (primary N) is 1. The van der Waals surface area contributed by atoms with Crippen LogP contribution >= 0.6 is 0 Å². The highest BCUT2D eigenvalue weighted by Gasteiger charge is 2.29. The normalized spacial score (nSPS) is 19.8. The summed E-state index contributed by atoms with van der Waals surface area (Å²) in [7, 11) is 0. The number of carbonyl (C=O) groups excluding carboxylic acids is 1. The van der Waals surface area contributed by atoms with Gasteiger partial charge in [0.15, 0.2) is 0 Å². The molecule has 98 valence electrons. The summed E-state index contributed by atoms with van der Waals surface area (Å²) in [6.45, 7) is 0.947. The van der Waals surface area contributed by atoms with Gasteiger partial charge in [0.1, 0.15) is 0 Å². The number of hydrogen-bond donors (Lipinski definition) is 1. The van der Waals surface area contributed by atoms with Crippen molar-refractivity contribution in [2.75, 3.05) is 0 Å². The minimum absolute atomic E-state index is 0.231. The zero-order valence-corrected chi connectivity index (χ0v) is 10.6. The van der Waals surface area contributed by atoms with Crippen LogP contribution in [0.4, 0.5) is 0 Å². The van der Waals surface area contributed by atoms with Crippen molar-refractivity contribution >= 4 is 5.91 Å². The van der Waals surface area contributed by atoms with Crippen molar-refractivity contribution in [2.24, 2.45) is 11.7 Å².